The van der Waals surface area contributed by atoms with Gasteiger partial charge in [0.1, 0.15) is 5.82 Å². The number of nitrogens with one attached hydrogen (secondary N) is 1. The zero-order valence-corrected chi connectivity index (χ0v) is 9.43. The van der Waals surface area contributed by atoms with Crippen LogP contribution in [0.1, 0.15) is 23.8 Å². The van der Waals surface area contributed by atoms with Gasteiger partial charge in [-0.25, -0.2) is 4.79 Å². The molecule has 0 radical (unpaired) electrons. The number of anilines is 1. The molecule has 6 heteroatoms. The Hall–Kier alpha value is -1.69. The molecule has 0 amide bonds. The average molecular weight is 224 g/mol. The molecule has 0 saturated carbocycles. The SMILES string of the molecule is COC(=O)c1ccc(NCCC(C)N)nn1. The van der Waals surface area contributed by atoms with Crippen molar-refractivity contribution in [2.24, 2.45) is 5.73 Å². The Kier molecular flexibility index (Phi) is 4.65. The molecule has 1 aromatic rings. The lowest BCUT2D eigenvalue weighted by atomic mass is 10.2. The second kappa shape index (κ2) is 6.02. The standard InChI is InChI=1S/C10H16N4O2/c1-7(11)5-6-12-9-4-3-8(13-14-9)10(15)16-2/h3-4,7H,5-6,11H2,1-2H3,(H,12,14). The first-order valence-corrected chi connectivity index (χ1v) is 5.05. The first-order valence-electron chi connectivity index (χ1n) is 5.05. The van der Waals surface area contributed by atoms with Crippen molar-refractivity contribution in [2.75, 3.05) is 19.0 Å². The van der Waals surface area contributed by atoms with E-state index in [1.807, 2.05) is 6.92 Å². The number of nitrogens with two attached hydrogens (primary N) is 1. The number of carbonyl (C=O) groups is 1. The van der Waals surface area contributed by atoms with E-state index in [0.29, 0.717) is 5.82 Å². The Balaban J connectivity index is 2.48. The third-order valence-electron chi connectivity index (χ3n) is 1.96. The van der Waals surface area contributed by atoms with Crippen molar-refractivity contribution in [3.8, 4) is 0 Å². The quantitative estimate of drug-likeness (QED) is 0.704. The molecule has 3 N–H and O–H groups in total. The van der Waals surface area contributed by atoms with Gasteiger partial charge < -0.3 is 15.8 Å². The molecule has 88 valence electrons. The van der Waals surface area contributed by atoms with Crippen LogP contribution in [0.3, 0.4) is 0 Å². The van der Waals surface area contributed by atoms with Crippen LogP contribution in [-0.2, 0) is 4.74 Å². The van der Waals surface area contributed by atoms with E-state index in [1.165, 1.54) is 7.11 Å². The van der Waals surface area contributed by atoms with E-state index in [4.69, 9.17) is 5.73 Å². The smallest absolute Gasteiger partial charge is 0.358 e. The summed E-state index contributed by atoms with van der Waals surface area (Å²) in [7, 11) is 1.30. The summed E-state index contributed by atoms with van der Waals surface area (Å²) in [5.41, 5.74) is 5.80. The molecular formula is C10H16N4O2. The highest BCUT2D eigenvalue weighted by molar-refractivity contribution is 5.86. The molecule has 0 aromatic carbocycles. The molecule has 1 rings (SSSR count). The largest absolute Gasteiger partial charge is 0.464 e. The van der Waals surface area contributed by atoms with Gasteiger partial charge in [-0.15, -0.1) is 10.2 Å². The minimum Gasteiger partial charge on any atom is -0.464 e. The second-order valence-corrected chi connectivity index (χ2v) is 3.49. The molecule has 0 aliphatic rings. The molecule has 0 fully saturated rings. The fourth-order valence-electron chi connectivity index (χ4n) is 1.07. The van der Waals surface area contributed by atoms with Gasteiger partial charge in [0, 0.05) is 12.6 Å². The van der Waals surface area contributed by atoms with Crippen LogP contribution >= 0.6 is 0 Å². The van der Waals surface area contributed by atoms with Crippen molar-refractivity contribution in [3.63, 3.8) is 0 Å². The van der Waals surface area contributed by atoms with Crippen LogP contribution < -0.4 is 11.1 Å². The number of aromatic nitrogens is 2. The number of hydrogen-bond acceptors (Lipinski definition) is 6. The van der Waals surface area contributed by atoms with Crippen molar-refractivity contribution in [1.29, 1.82) is 0 Å². The average Bonchev–Trinajstić information content (AvgIpc) is 2.28. The topological polar surface area (TPSA) is 90.1 Å². The minimum absolute atomic E-state index is 0.148. The van der Waals surface area contributed by atoms with Crippen LogP contribution in [0.25, 0.3) is 0 Å². The summed E-state index contributed by atoms with van der Waals surface area (Å²) in [5.74, 6) is 0.128. The van der Waals surface area contributed by atoms with Crippen LogP contribution in [0.5, 0.6) is 0 Å². The first kappa shape index (κ1) is 12.4. The van der Waals surface area contributed by atoms with Gasteiger partial charge in [0.2, 0.25) is 0 Å². The lowest BCUT2D eigenvalue weighted by Crippen LogP contribution is -2.19. The molecule has 0 saturated heterocycles. The molecule has 1 aromatic heterocycles. The molecule has 1 atom stereocenters. The van der Waals surface area contributed by atoms with Gasteiger partial charge >= 0.3 is 5.97 Å². The number of rotatable bonds is 5. The maximum absolute atomic E-state index is 11.1. The van der Waals surface area contributed by atoms with E-state index in [-0.39, 0.29) is 11.7 Å². The summed E-state index contributed by atoms with van der Waals surface area (Å²) in [4.78, 5) is 11.1. The summed E-state index contributed by atoms with van der Waals surface area (Å²) in [6, 6.07) is 3.39. The maximum atomic E-state index is 11.1. The van der Waals surface area contributed by atoms with Gasteiger partial charge in [-0.3, -0.25) is 0 Å². The van der Waals surface area contributed by atoms with Gasteiger partial charge in [-0.2, -0.15) is 0 Å². The molecule has 0 spiro atoms. The number of methoxy groups -OCH3 is 1. The van der Waals surface area contributed by atoms with Crippen molar-refractivity contribution in [3.05, 3.63) is 17.8 Å². The Morgan fingerprint density at radius 2 is 2.31 bits per heavy atom. The zero-order valence-electron chi connectivity index (χ0n) is 9.43. The van der Waals surface area contributed by atoms with Crippen LogP contribution in [0, 0.1) is 0 Å². The summed E-state index contributed by atoms with van der Waals surface area (Å²) in [5, 5.41) is 10.6. The molecule has 6 nitrogen and oxygen atoms in total. The van der Waals surface area contributed by atoms with Gasteiger partial charge in [0.15, 0.2) is 5.69 Å². The number of nitrogens with zero attached hydrogens (tertiary/aromatic N) is 2. The van der Waals surface area contributed by atoms with E-state index in [1.54, 1.807) is 12.1 Å². The predicted octanol–water partition coefficient (Wildman–Crippen LogP) is 0.412. The van der Waals surface area contributed by atoms with Crippen LogP contribution in [0.4, 0.5) is 5.82 Å². The molecule has 16 heavy (non-hydrogen) atoms. The Labute approximate surface area is 94.2 Å². The zero-order chi connectivity index (χ0) is 12.0. The van der Waals surface area contributed by atoms with E-state index in [9.17, 15) is 4.79 Å². The Bertz CT molecular complexity index is 337. The fourth-order valence-corrected chi connectivity index (χ4v) is 1.07. The lowest BCUT2D eigenvalue weighted by molar-refractivity contribution is 0.0593. The number of esters is 1. The van der Waals surface area contributed by atoms with Crippen molar-refractivity contribution >= 4 is 11.8 Å². The molecule has 0 aliphatic carbocycles. The fraction of sp³-hybridized carbons (Fsp3) is 0.500. The van der Waals surface area contributed by atoms with Gasteiger partial charge in [-0.05, 0) is 25.5 Å². The second-order valence-electron chi connectivity index (χ2n) is 3.49. The highest BCUT2D eigenvalue weighted by Gasteiger charge is 2.07. The maximum Gasteiger partial charge on any atom is 0.358 e. The van der Waals surface area contributed by atoms with Crippen LogP contribution in [0.15, 0.2) is 12.1 Å². The summed E-state index contributed by atoms with van der Waals surface area (Å²) in [6.45, 7) is 2.66. The third-order valence-corrected chi connectivity index (χ3v) is 1.96. The highest BCUT2D eigenvalue weighted by atomic mass is 16.5. The van der Waals surface area contributed by atoms with E-state index in [0.717, 1.165) is 13.0 Å². The van der Waals surface area contributed by atoms with Gasteiger partial charge in [0.05, 0.1) is 7.11 Å². The lowest BCUT2D eigenvalue weighted by Gasteiger charge is -2.07. The van der Waals surface area contributed by atoms with Crippen molar-refractivity contribution < 1.29 is 9.53 Å². The molecular weight excluding hydrogens is 208 g/mol. The molecule has 0 aliphatic heterocycles. The summed E-state index contributed by atoms with van der Waals surface area (Å²) in [6.07, 6.45) is 0.848. The Morgan fingerprint density at radius 1 is 1.56 bits per heavy atom. The third kappa shape index (κ3) is 3.82. The highest BCUT2D eigenvalue weighted by Crippen LogP contribution is 2.03. The monoisotopic (exact) mass is 224 g/mol. The molecule has 0 bridgehead atoms. The van der Waals surface area contributed by atoms with E-state index in [2.05, 4.69) is 20.3 Å². The molecule has 1 heterocycles. The van der Waals surface area contributed by atoms with E-state index >= 15 is 0 Å². The van der Waals surface area contributed by atoms with Crippen LogP contribution in [-0.4, -0.2) is 35.9 Å². The normalized spacial score (nSPS) is 11.9. The van der Waals surface area contributed by atoms with Gasteiger partial charge in [-0.1, -0.05) is 0 Å². The molecule has 1 unspecified atom stereocenters. The van der Waals surface area contributed by atoms with Gasteiger partial charge in [0.25, 0.3) is 0 Å². The predicted molar refractivity (Wildman–Crippen MR) is 60.1 cm³/mol. The number of hydrogen-bond donors (Lipinski definition) is 2. The number of carbonyl (C=O) groups excluding carboxylic acids is 1. The summed E-state index contributed by atoms with van der Waals surface area (Å²) < 4.78 is 4.51. The van der Waals surface area contributed by atoms with Crippen molar-refractivity contribution in [2.45, 2.75) is 19.4 Å². The first-order chi connectivity index (χ1) is 7.63. The van der Waals surface area contributed by atoms with Crippen molar-refractivity contribution in [1.82, 2.24) is 10.2 Å². The van der Waals surface area contributed by atoms with E-state index < -0.39 is 5.97 Å². The Morgan fingerprint density at radius 3 is 2.81 bits per heavy atom. The summed E-state index contributed by atoms with van der Waals surface area (Å²) >= 11 is 0. The minimum atomic E-state index is -0.491. The number of ether oxygens (including phenoxy) is 1. The van der Waals surface area contributed by atoms with Crippen LogP contribution in [0.2, 0.25) is 0 Å².